The molecular weight excluding hydrogens is 639 g/mol. The van der Waals surface area contributed by atoms with Crippen molar-refractivity contribution in [2.45, 2.75) is 19.6 Å². The summed E-state index contributed by atoms with van der Waals surface area (Å²) in [5, 5.41) is 5.95. The largest absolute Gasteiger partial charge is 0.456 e. The van der Waals surface area contributed by atoms with Gasteiger partial charge in [0.1, 0.15) is 11.2 Å². The maximum absolute atomic E-state index is 6.30. The minimum absolute atomic E-state index is 0.615. The fraction of sp³-hybridized carbons (Fsp3) is 0.0652. The van der Waals surface area contributed by atoms with Crippen molar-refractivity contribution in [2.75, 3.05) is 0 Å². The summed E-state index contributed by atoms with van der Waals surface area (Å²) >= 11 is 0. The quantitative estimate of drug-likeness (QED) is 0.165. The molecule has 0 atom stereocenters. The maximum Gasteiger partial charge on any atom is 0.164 e. The minimum Gasteiger partial charge on any atom is -0.456 e. The molecule has 0 fully saturated rings. The molecule has 9 rings (SSSR count). The van der Waals surface area contributed by atoms with Crippen LogP contribution in [0, 0.1) is 0 Å². The fourth-order valence-corrected chi connectivity index (χ4v) is 8.08. The molecule has 0 aliphatic carbocycles. The van der Waals surface area contributed by atoms with E-state index in [1.165, 1.54) is 21.7 Å². The van der Waals surface area contributed by atoms with Crippen molar-refractivity contribution in [3.63, 3.8) is 0 Å². The molecule has 4 nitrogen and oxygen atoms in total. The highest BCUT2D eigenvalue weighted by atomic mass is 28.3. The lowest BCUT2D eigenvalue weighted by atomic mass is 9.98. The van der Waals surface area contributed by atoms with Crippen LogP contribution >= 0.6 is 0 Å². The van der Waals surface area contributed by atoms with E-state index in [9.17, 15) is 0 Å². The molecule has 0 amide bonds. The highest BCUT2D eigenvalue weighted by Gasteiger charge is 2.18. The molecule has 0 saturated carbocycles. The third kappa shape index (κ3) is 5.82. The maximum atomic E-state index is 6.30. The minimum atomic E-state index is -1.36. The standard InChI is InChI=1S/C46H35N3OSi/c1-51(2,3)38-23-19-30(20-24-38)33-14-9-15-34(27-33)35-16-10-17-36(28-35)45-47-44(32-12-5-4-6-13-32)48-46(49-45)37-22-25-41-40(29-37)43-39-18-8-7-11-31(39)21-26-42(43)50-41/h4-29H,1-3H3. The third-order valence-electron chi connectivity index (χ3n) is 9.69. The molecule has 0 bridgehead atoms. The number of nitrogens with zero attached hydrogens (tertiary/aromatic N) is 3. The van der Waals surface area contributed by atoms with Gasteiger partial charge in [0.15, 0.2) is 17.5 Å². The highest BCUT2D eigenvalue weighted by Crippen LogP contribution is 2.37. The van der Waals surface area contributed by atoms with E-state index in [-0.39, 0.29) is 0 Å². The van der Waals surface area contributed by atoms with Crippen LogP contribution in [0.1, 0.15) is 0 Å². The monoisotopic (exact) mass is 673 g/mol. The Morgan fingerprint density at radius 1 is 0.392 bits per heavy atom. The van der Waals surface area contributed by atoms with Crippen molar-refractivity contribution in [3.8, 4) is 56.4 Å². The van der Waals surface area contributed by atoms with Crippen LogP contribution in [-0.4, -0.2) is 23.0 Å². The first-order chi connectivity index (χ1) is 24.9. The van der Waals surface area contributed by atoms with Crippen molar-refractivity contribution < 1.29 is 4.42 Å². The lowest BCUT2D eigenvalue weighted by Gasteiger charge is -2.17. The zero-order valence-electron chi connectivity index (χ0n) is 28.8. The SMILES string of the molecule is C[Si](C)(C)c1ccc(-c2cccc(-c3cccc(-c4nc(-c5ccccc5)nc(-c5ccc6oc7ccc8ccccc8c7c6c5)n4)c3)c2)cc1. The molecule has 7 aromatic carbocycles. The Morgan fingerprint density at radius 3 is 1.63 bits per heavy atom. The van der Waals surface area contributed by atoms with E-state index in [0.717, 1.165) is 55.1 Å². The van der Waals surface area contributed by atoms with Crippen molar-refractivity contribution in [2.24, 2.45) is 0 Å². The Balaban J connectivity index is 1.15. The Hall–Kier alpha value is -6.17. The summed E-state index contributed by atoms with van der Waals surface area (Å²) in [5.74, 6) is 1.87. The Bertz CT molecular complexity index is 2730. The van der Waals surface area contributed by atoms with Gasteiger partial charge in [-0.15, -0.1) is 0 Å². The first-order valence-electron chi connectivity index (χ1n) is 17.4. The number of hydrogen-bond acceptors (Lipinski definition) is 4. The van der Waals surface area contributed by atoms with Crippen LogP contribution in [-0.2, 0) is 0 Å². The van der Waals surface area contributed by atoms with Crippen molar-refractivity contribution in [1.82, 2.24) is 15.0 Å². The van der Waals surface area contributed by atoms with E-state index in [1.54, 1.807) is 0 Å². The van der Waals surface area contributed by atoms with E-state index in [4.69, 9.17) is 19.4 Å². The first kappa shape index (κ1) is 30.9. The highest BCUT2D eigenvalue weighted by molar-refractivity contribution is 6.88. The van der Waals surface area contributed by atoms with Crippen LogP contribution in [0.3, 0.4) is 0 Å². The van der Waals surface area contributed by atoms with Crippen molar-refractivity contribution in [1.29, 1.82) is 0 Å². The molecule has 0 radical (unpaired) electrons. The summed E-state index contributed by atoms with van der Waals surface area (Å²) in [6.45, 7) is 7.15. The van der Waals surface area contributed by atoms with Crippen LogP contribution in [0.25, 0.3) is 89.1 Å². The molecular formula is C46H35N3OSi. The number of furan rings is 1. The Kier molecular flexibility index (Phi) is 7.44. The molecule has 0 aliphatic heterocycles. The molecule has 0 saturated heterocycles. The fourth-order valence-electron chi connectivity index (χ4n) is 6.92. The lowest BCUT2D eigenvalue weighted by Crippen LogP contribution is -2.37. The van der Waals surface area contributed by atoms with E-state index in [2.05, 4.69) is 135 Å². The van der Waals surface area contributed by atoms with Crippen molar-refractivity contribution >= 4 is 46.0 Å². The van der Waals surface area contributed by atoms with Crippen LogP contribution < -0.4 is 5.19 Å². The van der Waals surface area contributed by atoms with Crippen LogP contribution in [0.5, 0.6) is 0 Å². The predicted octanol–water partition coefficient (Wildman–Crippen LogP) is 11.8. The third-order valence-corrected chi connectivity index (χ3v) is 11.8. The number of benzene rings is 7. The van der Waals surface area contributed by atoms with Gasteiger partial charge < -0.3 is 4.42 Å². The molecule has 9 aromatic rings. The smallest absolute Gasteiger partial charge is 0.164 e. The lowest BCUT2D eigenvalue weighted by molar-refractivity contribution is 0.669. The molecule has 0 aliphatic rings. The van der Waals surface area contributed by atoms with Crippen LogP contribution in [0.4, 0.5) is 0 Å². The number of fused-ring (bicyclic) bond motifs is 5. The van der Waals surface area contributed by atoms with Gasteiger partial charge in [0.25, 0.3) is 0 Å². The second kappa shape index (κ2) is 12.3. The van der Waals surface area contributed by atoms with Gasteiger partial charge >= 0.3 is 0 Å². The number of rotatable bonds is 6. The zero-order chi connectivity index (χ0) is 34.5. The summed E-state index contributed by atoms with van der Waals surface area (Å²) in [5.41, 5.74) is 9.15. The molecule has 2 aromatic heterocycles. The Labute approximate surface area is 298 Å². The summed E-state index contributed by atoms with van der Waals surface area (Å²) < 4.78 is 6.30. The van der Waals surface area contributed by atoms with Crippen LogP contribution in [0.2, 0.25) is 19.6 Å². The molecule has 2 heterocycles. The molecule has 244 valence electrons. The molecule has 0 N–H and O–H groups in total. The van der Waals surface area contributed by atoms with Gasteiger partial charge in [-0.2, -0.15) is 0 Å². The second-order valence-corrected chi connectivity index (χ2v) is 19.2. The summed E-state index contributed by atoms with van der Waals surface area (Å²) in [4.78, 5) is 15.2. The topological polar surface area (TPSA) is 51.8 Å². The van der Waals surface area contributed by atoms with E-state index in [1.807, 2.05) is 42.5 Å². The van der Waals surface area contributed by atoms with Gasteiger partial charge in [0.2, 0.25) is 0 Å². The van der Waals surface area contributed by atoms with Gasteiger partial charge in [0, 0.05) is 27.5 Å². The summed E-state index contributed by atoms with van der Waals surface area (Å²) in [7, 11) is -1.36. The molecule has 0 unspecified atom stereocenters. The van der Waals surface area contributed by atoms with Gasteiger partial charge in [0.05, 0.1) is 8.07 Å². The van der Waals surface area contributed by atoms with Gasteiger partial charge in [-0.25, -0.2) is 15.0 Å². The summed E-state index contributed by atoms with van der Waals surface area (Å²) in [6.07, 6.45) is 0. The van der Waals surface area contributed by atoms with E-state index < -0.39 is 8.07 Å². The molecule has 5 heteroatoms. The average molecular weight is 674 g/mol. The van der Waals surface area contributed by atoms with Gasteiger partial charge in [-0.1, -0.05) is 146 Å². The zero-order valence-corrected chi connectivity index (χ0v) is 29.8. The Morgan fingerprint density at radius 2 is 0.922 bits per heavy atom. The van der Waals surface area contributed by atoms with E-state index in [0.29, 0.717) is 17.5 Å². The molecule has 0 spiro atoms. The van der Waals surface area contributed by atoms with Crippen LogP contribution in [0.15, 0.2) is 162 Å². The molecule has 51 heavy (non-hydrogen) atoms. The number of aromatic nitrogens is 3. The van der Waals surface area contributed by atoms with Crippen molar-refractivity contribution in [3.05, 3.63) is 158 Å². The normalized spacial score (nSPS) is 11.8. The van der Waals surface area contributed by atoms with Gasteiger partial charge in [-0.3, -0.25) is 0 Å². The predicted molar refractivity (Wildman–Crippen MR) is 215 cm³/mol. The number of hydrogen-bond donors (Lipinski definition) is 0. The summed E-state index contributed by atoms with van der Waals surface area (Å²) in [6, 6.07) is 55.3. The van der Waals surface area contributed by atoms with Gasteiger partial charge in [-0.05, 0) is 69.4 Å². The van der Waals surface area contributed by atoms with E-state index >= 15 is 0 Å². The first-order valence-corrected chi connectivity index (χ1v) is 20.9. The second-order valence-electron chi connectivity index (χ2n) is 14.1. The average Bonchev–Trinajstić information content (AvgIpc) is 3.56.